The highest BCUT2D eigenvalue weighted by Gasteiger charge is 2.38. The molecule has 2 rings (SSSR count). The average molecular weight is 429 g/mol. The number of halogens is 6. The van der Waals surface area contributed by atoms with E-state index in [9.17, 15) is 39.6 Å². The van der Waals surface area contributed by atoms with E-state index in [4.69, 9.17) is 0 Å². The van der Waals surface area contributed by atoms with Gasteiger partial charge in [0.1, 0.15) is 0 Å². The van der Waals surface area contributed by atoms with Crippen molar-refractivity contribution < 1.29 is 34.8 Å². The first-order valence-electron chi connectivity index (χ1n) is 7.54. The first-order valence-corrected chi connectivity index (χ1v) is 9.02. The summed E-state index contributed by atoms with van der Waals surface area (Å²) in [6.45, 7) is 0.822. The third-order valence-electron chi connectivity index (χ3n) is 3.49. The van der Waals surface area contributed by atoms with Crippen molar-refractivity contribution in [1.82, 2.24) is 14.5 Å². The molecule has 0 radical (unpaired) electrons. The maximum absolute atomic E-state index is 12.9. The van der Waals surface area contributed by atoms with Gasteiger partial charge in [0.25, 0.3) is 5.56 Å². The Morgan fingerprint density at radius 3 is 2.04 bits per heavy atom. The number of nitrogens with one attached hydrogen (secondary N) is 1. The van der Waals surface area contributed by atoms with E-state index in [2.05, 4.69) is 5.10 Å². The van der Waals surface area contributed by atoms with E-state index in [-0.39, 0.29) is 24.7 Å². The molecular weight excluding hydrogens is 416 g/mol. The monoisotopic (exact) mass is 429 g/mol. The minimum atomic E-state index is -5.18. The Morgan fingerprint density at radius 2 is 1.54 bits per heavy atom. The summed E-state index contributed by atoms with van der Waals surface area (Å²) in [4.78, 5) is 10.4. The molecular formula is C15H13F6N3O3S. The SMILES string of the molecule is Cc1ccc(=O)n(CCNS(=O)(=O)c2cc(C(F)(F)F)cc(C(F)(F)F)c2)n1. The Balaban J connectivity index is 2.31. The van der Waals surface area contributed by atoms with Gasteiger partial charge in [0, 0.05) is 12.6 Å². The summed E-state index contributed by atoms with van der Waals surface area (Å²) in [6, 6.07) is 2.64. The molecule has 0 atom stereocenters. The van der Waals surface area contributed by atoms with Crippen LogP contribution in [0.15, 0.2) is 40.0 Å². The smallest absolute Gasteiger partial charge is 0.268 e. The summed E-state index contributed by atoms with van der Waals surface area (Å²) in [7, 11) is -4.71. The second kappa shape index (κ2) is 7.54. The van der Waals surface area contributed by atoms with E-state index in [1.54, 1.807) is 6.92 Å². The van der Waals surface area contributed by atoms with Gasteiger partial charge in [-0.15, -0.1) is 0 Å². The van der Waals surface area contributed by atoms with Gasteiger partial charge < -0.3 is 0 Å². The fraction of sp³-hybridized carbons (Fsp3) is 0.333. The second-order valence-electron chi connectivity index (χ2n) is 5.68. The van der Waals surface area contributed by atoms with Crippen molar-refractivity contribution in [2.24, 2.45) is 0 Å². The van der Waals surface area contributed by atoms with Crippen molar-refractivity contribution in [3.05, 3.63) is 57.5 Å². The highest BCUT2D eigenvalue weighted by molar-refractivity contribution is 7.89. The minimum absolute atomic E-state index is 0.106. The van der Waals surface area contributed by atoms with Gasteiger partial charge in [-0.2, -0.15) is 31.4 Å². The van der Waals surface area contributed by atoms with Gasteiger partial charge in [0.05, 0.1) is 28.3 Å². The number of rotatable bonds is 5. The minimum Gasteiger partial charge on any atom is -0.268 e. The molecule has 13 heteroatoms. The van der Waals surface area contributed by atoms with Gasteiger partial charge >= 0.3 is 12.4 Å². The van der Waals surface area contributed by atoms with Gasteiger partial charge in [0.2, 0.25) is 10.0 Å². The van der Waals surface area contributed by atoms with Crippen molar-refractivity contribution >= 4 is 10.0 Å². The normalized spacial score (nSPS) is 13.0. The largest absolute Gasteiger partial charge is 0.416 e. The van der Waals surface area contributed by atoms with E-state index in [0.717, 1.165) is 4.68 Å². The van der Waals surface area contributed by atoms with Crippen LogP contribution in [0.1, 0.15) is 16.8 Å². The van der Waals surface area contributed by atoms with Crippen LogP contribution in [0, 0.1) is 6.92 Å². The number of sulfonamides is 1. The molecule has 1 heterocycles. The number of nitrogens with zero attached hydrogens (tertiary/aromatic N) is 2. The molecule has 0 saturated heterocycles. The number of alkyl halides is 6. The lowest BCUT2D eigenvalue weighted by atomic mass is 10.1. The molecule has 1 aromatic heterocycles. The predicted molar refractivity (Wildman–Crippen MR) is 84.9 cm³/mol. The highest BCUT2D eigenvalue weighted by atomic mass is 32.2. The molecule has 0 bridgehead atoms. The molecule has 0 spiro atoms. The molecule has 0 fully saturated rings. The zero-order chi connectivity index (χ0) is 21.3. The molecule has 0 aliphatic carbocycles. The Hall–Kier alpha value is -2.41. The van der Waals surface area contributed by atoms with Crippen LogP contribution < -0.4 is 10.3 Å². The molecule has 28 heavy (non-hydrogen) atoms. The Bertz CT molecular complexity index is 996. The maximum atomic E-state index is 12.9. The van der Waals surface area contributed by atoms with E-state index in [0.29, 0.717) is 5.69 Å². The van der Waals surface area contributed by atoms with Crippen molar-refractivity contribution in [2.75, 3.05) is 6.54 Å². The van der Waals surface area contributed by atoms with Crippen LogP contribution in [0.3, 0.4) is 0 Å². The number of hydrogen-bond donors (Lipinski definition) is 1. The van der Waals surface area contributed by atoms with Gasteiger partial charge in [0.15, 0.2) is 0 Å². The summed E-state index contributed by atoms with van der Waals surface area (Å²) < 4.78 is 104. The van der Waals surface area contributed by atoms with E-state index < -0.39 is 50.5 Å². The first-order chi connectivity index (χ1) is 12.7. The molecule has 0 unspecified atom stereocenters. The van der Waals surface area contributed by atoms with Crippen LogP contribution in [0.2, 0.25) is 0 Å². The van der Waals surface area contributed by atoms with Crippen molar-refractivity contribution in [3.8, 4) is 0 Å². The molecule has 0 amide bonds. The molecule has 6 nitrogen and oxygen atoms in total. The lowest BCUT2D eigenvalue weighted by molar-refractivity contribution is -0.143. The lowest BCUT2D eigenvalue weighted by Gasteiger charge is -2.15. The van der Waals surface area contributed by atoms with E-state index in [1.165, 1.54) is 12.1 Å². The van der Waals surface area contributed by atoms with E-state index >= 15 is 0 Å². The predicted octanol–water partition coefficient (Wildman–Crippen LogP) is 2.57. The quantitative estimate of drug-likeness (QED) is 0.741. The van der Waals surface area contributed by atoms with Crippen molar-refractivity contribution in [3.63, 3.8) is 0 Å². The molecule has 0 aliphatic rings. The first kappa shape index (κ1) is 21.9. The van der Waals surface area contributed by atoms with Gasteiger partial charge in [-0.25, -0.2) is 17.8 Å². The molecule has 2 aromatic rings. The van der Waals surface area contributed by atoms with Crippen LogP contribution >= 0.6 is 0 Å². The van der Waals surface area contributed by atoms with Crippen LogP contribution in [-0.4, -0.2) is 24.7 Å². The Morgan fingerprint density at radius 1 is 1.00 bits per heavy atom. The third kappa shape index (κ3) is 5.32. The summed E-state index contributed by atoms with van der Waals surface area (Å²) in [5.74, 6) is 0. The molecule has 1 aromatic carbocycles. The van der Waals surface area contributed by atoms with Gasteiger partial charge in [-0.05, 0) is 31.2 Å². The maximum Gasteiger partial charge on any atom is 0.416 e. The number of aromatic nitrogens is 2. The highest BCUT2D eigenvalue weighted by Crippen LogP contribution is 2.37. The zero-order valence-electron chi connectivity index (χ0n) is 14.1. The number of benzene rings is 1. The molecule has 0 aliphatic heterocycles. The molecule has 0 saturated carbocycles. The van der Waals surface area contributed by atoms with Crippen LogP contribution in [-0.2, 0) is 28.9 Å². The standard InChI is InChI=1S/C15H13F6N3O3S/c1-9-2-3-13(25)24(23-9)5-4-22-28(26,27)12-7-10(14(16,17)18)6-11(8-12)15(19,20)21/h2-3,6-8,22H,4-5H2,1H3. The molecule has 1 N–H and O–H groups in total. The topological polar surface area (TPSA) is 81.1 Å². The van der Waals surface area contributed by atoms with Crippen LogP contribution in [0.5, 0.6) is 0 Å². The van der Waals surface area contributed by atoms with Crippen molar-refractivity contribution in [2.45, 2.75) is 30.7 Å². The fourth-order valence-electron chi connectivity index (χ4n) is 2.16. The van der Waals surface area contributed by atoms with E-state index in [1.807, 2.05) is 4.72 Å². The Kier molecular flexibility index (Phi) is 5.90. The van der Waals surface area contributed by atoms with Gasteiger partial charge in [-0.3, -0.25) is 4.79 Å². The lowest BCUT2D eigenvalue weighted by Crippen LogP contribution is -2.32. The zero-order valence-corrected chi connectivity index (χ0v) is 14.9. The number of hydrogen-bond acceptors (Lipinski definition) is 4. The van der Waals surface area contributed by atoms with Crippen molar-refractivity contribution in [1.29, 1.82) is 0 Å². The van der Waals surface area contributed by atoms with Crippen LogP contribution in [0.25, 0.3) is 0 Å². The number of aryl methyl sites for hydroxylation is 1. The van der Waals surface area contributed by atoms with Gasteiger partial charge in [-0.1, -0.05) is 0 Å². The third-order valence-corrected chi connectivity index (χ3v) is 4.93. The average Bonchev–Trinajstić information content (AvgIpc) is 2.56. The molecule has 154 valence electrons. The Labute approximate surface area is 154 Å². The summed E-state index contributed by atoms with van der Waals surface area (Å²) in [5, 5.41) is 3.83. The summed E-state index contributed by atoms with van der Waals surface area (Å²) in [6.07, 6.45) is -10.4. The second-order valence-corrected chi connectivity index (χ2v) is 7.44. The van der Waals surface area contributed by atoms with Crippen LogP contribution in [0.4, 0.5) is 26.3 Å². The fourth-order valence-corrected chi connectivity index (χ4v) is 3.25. The summed E-state index contributed by atoms with van der Waals surface area (Å²) in [5.41, 5.74) is -3.60. The summed E-state index contributed by atoms with van der Waals surface area (Å²) >= 11 is 0.